The van der Waals surface area contributed by atoms with Crippen molar-refractivity contribution in [3.05, 3.63) is 54.1 Å². The van der Waals surface area contributed by atoms with E-state index in [1.807, 2.05) is 43.0 Å². The molecule has 3 rings (SSSR count). The average molecular weight is 452 g/mol. The molecule has 0 radical (unpaired) electrons. The molecule has 2 aromatic carbocycles. The Morgan fingerprint density at radius 2 is 1.64 bits per heavy atom. The van der Waals surface area contributed by atoms with E-state index in [2.05, 4.69) is 17.6 Å². The van der Waals surface area contributed by atoms with Crippen molar-refractivity contribution < 1.29 is 19.1 Å². The lowest BCUT2D eigenvalue weighted by molar-refractivity contribution is -0.129. The van der Waals surface area contributed by atoms with E-state index in [-0.39, 0.29) is 36.1 Å². The lowest BCUT2D eigenvalue weighted by Crippen LogP contribution is -2.33. The SMILES string of the molecule is CCCCN1C(=O)C[C@H](C(=O)Nc2ccc(NC(=O)C(C)C)cc2)[C@@H]1c1ccc(OC)cc1. The van der Waals surface area contributed by atoms with Gasteiger partial charge in [-0.3, -0.25) is 14.4 Å². The molecule has 2 N–H and O–H groups in total. The normalized spacial score (nSPS) is 17.8. The van der Waals surface area contributed by atoms with Crippen molar-refractivity contribution in [2.75, 3.05) is 24.3 Å². The van der Waals surface area contributed by atoms with Gasteiger partial charge in [0.05, 0.1) is 19.1 Å². The third-order valence-electron chi connectivity index (χ3n) is 5.92. The predicted octanol–water partition coefficient (Wildman–Crippen LogP) is 4.62. The number of anilines is 2. The van der Waals surface area contributed by atoms with Crippen LogP contribution in [-0.2, 0) is 14.4 Å². The molecule has 1 saturated heterocycles. The number of ether oxygens (including phenoxy) is 1. The van der Waals surface area contributed by atoms with Gasteiger partial charge in [0.25, 0.3) is 0 Å². The second-order valence-electron chi connectivity index (χ2n) is 8.68. The summed E-state index contributed by atoms with van der Waals surface area (Å²) in [6, 6.07) is 14.3. The van der Waals surface area contributed by atoms with Crippen LogP contribution in [0.4, 0.5) is 11.4 Å². The van der Waals surface area contributed by atoms with E-state index < -0.39 is 5.92 Å². The van der Waals surface area contributed by atoms with Crippen LogP contribution in [0, 0.1) is 11.8 Å². The average Bonchev–Trinajstić information content (AvgIpc) is 3.15. The Morgan fingerprint density at radius 1 is 1.03 bits per heavy atom. The first kappa shape index (κ1) is 24.3. The molecule has 33 heavy (non-hydrogen) atoms. The minimum atomic E-state index is -0.497. The van der Waals surface area contributed by atoms with Gasteiger partial charge in [-0.2, -0.15) is 0 Å². The molecule has 0 aromatic heterocycles. The lowest BCUT2D eigenvalue weighted by atomic mass is 9.92. The molecule has 1 fully saturated rings. The van der Waals surface area contributed by atoms with E-state index in [0.717, 1.165) is 24.2 Å². The highest BCUT2D eigenvalue weighted by Gasteiger charge is 2.44. The number of nitrogens with zero attached hydrogens (tertiary/aromatic N) is 1. The summed E-state index contributed by atoms with van der Waals surface area (Å²) in [7, 11) is 1.61. The van der Waals surface area contributed by atoms with E-state index in [0.29, 0.717) is 17.9 Å². The van der Waals surface area contributed by atoms with Gasteiger partial charge in [-0.25, -0.2) is 0 Å². The van der Waals surface area contributed by atoms with Crippen molar-refractivity contribution in [2.24, 2.45) is 11.8 Å². The zero-order valence-corrected chi connectivity index (χ0v) is 19.8. The van der Waals surface area contributed by atoms with Gasteiger partial charge in [-0.05, 0) is 48.4 Å². The first-order valence-electron chi connectivity index (χ1n) is 11.5. The van der Waals surface area contributed by atoms with Crippen LogP contribution in [0.3, 0.4) is 0 Å². The number of likely N-dealkylation sites (tertiary alicyclic amines) is 1. The van der Waals surface area contributed by atoms with E-state index in [9.17, 15) is 14.4 Å². The zero-order chi connectivity index (χ0) is 24.0. The molecule has 0 aliphatic carbocycles. The zero-order valence-electron chi connectivity index (χ0n) is 19.8. The third-order valence-corrected chi connectivity index (χ3v) is 5.92. The molecule has 7 heteroatoms. The molecule has 1 aliphatic rings. The Morgan fingerprint density at radius 3 is 2.18 bits per heavy atom. The number of amides is 3. The van der Waals surface area contributed by atoms with Crippen LogP contribution in [0.5, 0.6) is 5.75 Å². The van der Waals surface area contributed by atoms with Crippen molar-refractivity contribution in [1.82, 2.24) is 4.90 Å². The fraction of sp³-hybridized carbons (Fsp3) is 0.423. The molecule has 2 atom stereocenters. The molecule has 0 spiro atoms. The van der Waals surface area contributed by atoms with Crippen molar-refractivity contribution in [3.63, 3.8) is 0 Å². The fourth-order valence-corrected chi connectivity index (χ4v) is 3.99. The summed E-state index contributed by atoms with van der Waals surface area (Å²) in [5.41, 5.74) is 2.21. The van der Waals surface area contributed by atoms with Crippen LogP contribution in [0.25, 0.3) is 0 Å². The highest BCUT2D eigenvalue weighted by Crippen LogP contribution is 2.39. The lowest BCUT2D eigenvalue weighted by Gasteiger charge is -2.28. The van der Waals surface area contributed by atoms with Gasteiger partial charge in [0.2, 0.25) is 17.7 Å². The van der Waals surface area contributed by atoms with Crippen LogP contribution in [0.2, 0.25) is 0 Å². The highest BCUT2D eigenvalue weighted by molar-refractivity contribution is 5.98. The Bertz CT molecular complexity index is 970. The minimum Gasteiger partial charge on any atom is -0.497 e. The van der Waals surface area contributed by atoms with Crippen molar-refractivity contribution in [3.8, 4) is 5.75 Å². The number of unbranched alkanes of at least 4 members (excludes halogenated alkanes) is 1. The maximum absolute atomic E-state index is 13.3. The van der Waals surface area contributed by atoms with Gasteiger partial charge in [-0.1, -0.05) is 39.3 Å². The minimum absolute atomic E-state index is 0.00355. The van der Waals surface area contributed by atoms with Gasteiger partial charge < -0.3 is 20.3 Å². The first-order valence-corrected chi connectivity index (χ1v) is 11.5. The molecule has 0 unspecified atom stereocenters. The largest absolute Gasteiger partial charge is 0.497 e. The Hall–Kier alpha value is -3.35. The number of hydrogen-bond acceptors (Lipinski definition) is 4. The molecular weight excluding hydrogens is 418 g/mol. The van der Waals surface area contributed by atoms with Crippen LogP contribution >= 0.6 is 0 Å². The summed E-state index contributed by atoms with van der Waals surface area (Å²) in [4.78, 5) is 39.8. The van der Waals surface area contributed by atoms with Crippen LogP contribution in [-0.4, -0.2) is 36.3 Å². The molecule has 3 amide bonds. The highest BCUT2D eigenvalue weighted by atomic mass is 16.5. The maximum Gasteiger partial charge on any atom is 0.230 e. The first-order chi connectivity index (χ1) is 15.8. The molecule has 1 aliphatic heterocycles. The standard InChI is InChI=1S/C26H33N3O4/c1-5-6-15-29-23(30)16-22(24(29)18-7-13-21(33-4)14-8-18)26(32)28-20-11-9-19(10-12-20)27-25(31)17(2)3/h7-14,17,22,24H,5-6,15-16H2,1-4H3,(H,27,31)(H,28,32)/t22-,24-/m0/s1. The Balaban J connectivity index is 1.77. The monoisotopic (exact) mass is 451 g/mol. The molecule has 2 aromatic rings. The maximum atomic E-state index is 13.3. The smallest absolute Gasteiger partial charge is 0.230 e. The second kappa shape index (κ2) is 11.0. The number of rotatable bonds is 9. The van der Waals surface area contributed by atoms with Gasteiger partial charge in [0.15, 0.2) is 0 Å². The van der Waals surface area contributed by atoms with E-state index >= 15 is 0 Å². The van der Waals surface area contributed by atoms with Crippen molar-refractivity contribution in [2.45, 2.75) is 46.1 Å². The molecule has 176 valence electrons. The summed E-state index contributed by atoms with van der Waals surface area (Å²) < 4.78 is 5.26. The van der Waals surface area contributed by atoms with Crippen molar-refractivity contribution in [1.29, 1.82) is 0 Å². The summed E-state index contributed by atoms with van der Waals surface area (Å²) in [5, 5.41) is 5.78. The molecular formula is C26H33N3O4. The summed E-state index contributed by atoms with van der Waals surface area (Å²) >= 11 is 0. The van der Waals surface area contributed by atoms with Crippen molar-refractivity contribution >= 4 is 29.1 Å². The van der Waals surface area contributed by atoms with Gasteiger partial charge in [0, 0.05) is 30.3 Å². The van der Waals surface area contributed by atoms with Gasteiger partial charge in [-0.15, -0.1) is 0 Å². The van der Waals surface area contributed by atoms with Crippen LogP contribution in [0.15, 0.2) is 48.5 Å². The predicted molar refractivity (Wildman–Crippen MR) is 129 cm³/mol. The number of methoxy groups -OCH3 is 1. The Kier molecular flexibility index (Phi) is 8.09. The van der Waals surface area contributed by atoms with Gasteiger partial charge in [0.1, 0.15) is 5.75 Å². The second-order valence-corrected chi connectivity index (χ2v) is 8.68. The van der Waals surface area contributed by atoms with E-state index in [1.165, 1.54) is 0 Å². The number of carbonyl (C=O) groups excluding carboxylic acids is 3. The molecule has 1 heterocycles. The summed E-state index contributed by atoms with van der Waals surface area (Å²) in [5.74, 6) is -0.143. The van der Waals surface area contributed by atoms with Crippen LogP contribution in [0.1, 0.15) is 51.6 Å². The fourth-order valence-electron chi connectivity index (χ4n) is 3.99. The summed E-state index contributed by atoms with van der Waals surface area (Å²) in [6.07, 6.45) is 2.03. The number of carbonyl (C=O) groups is 3. The summed E-state index contributed by atoms with van der Waals surface area (Å²) in [6.45, 7) is 6.37. The quantitative estimate of drug-likeness (QED) is 0.582. The van der Waals surface area contributed by atoms with E-state index in [4.69, 9.17) is 4.74 Å². The molecule has 7 nitrogen and oxygen atoms in total. The number of nitrogens with one attached hydrogen (secondary N) is 2. The number of benzene rings is 2. The van der Waals surface area contributed by atoms with Gasteiger partial charge >= 0.3 is 0 Å². The molecule has 0 bridgehead atoms. The number of hydrogen-bond donors (Lipinski definition) is 2. The Labute approximate surface area is 195 Å². The van der Waals surface area contributed by atoms with E-state index in [1.54, 1.807) is 31.4 Å². The van der Waals surface area contributed by atoms with Crippen LogP contribution < -0.4 is 15.4 Å². The molecule has 0 saturated carbocycles. The topological polar surface area (TPSA) is 87.7 Å². The third kappa shape index (κ3) is 5.92.